The fourth-order valence-electron chi connectivity index (χ4n) is 7.13. The van der Waals surface area contributed by atoms with E-state index < -0.39 is 0 Å². The van der Waals surface area contributed by atoms with E-state index in [1.54, 1.807) is 0 Å². The van der Waals surface area contributed by atoms with Crippen molar-refractivity contribution < 1.29 is 14.3 Å². The Hall–Kier alpha value is -2.07. The van der Waals surface area contributed by atoms with E-state index in [1.807, 2.05) is 6.92 Å². The first-order chi connectivity index (χ1) is 17.3. The highest BCUT2D eigenvalue weighted by Gasteiger charge is 2.41. The number of hydrogen-bond donors (Lipinski definition) is 0. The van der Waals surface area contributed by atoms with Crippen molar-refractivity contribution >= 4 is 16.7 Å². The van der Waals surface area contributed by atoms with Gasteiger partial charge in [0.05, 0.1) is 18.6 Å². The predicted molar refractivity (Wildman–Crippen MR) is 146 cm³/mol. The summed E-state index contributed by atoms with van der Waals surface area (Å²) in [6.07, 6.45) is 10.7. The maximum atomic E-state index is 12.4. The molecule has 0 amide bonds. The van der Waals surface area contributed by atoms with Crippen molar-refractivity contribution in [1.82, 2.24) is 4.90 Å². The quantitative estimate of drug-likeness (QED) is 0.392. The van der Waals surface area contributed by atoms with Crippen LogP contribution in [0, 0.1) is 17.3 Å². The number of ether oxygens (including phenoxy) is 2. The van der Waals surface area contributed by atoms with E-state index >= 15 is 0 Å². The molecule has 2 heterocycles. The molecule has 1 saturated carbocycles. The van der Waals surface area contributed by atoms with Gasteiger partial charge in [-0.15, -0.1) is 0 Å². The third-order valence-electron chi connectivity index (χ3n) is 9.21. The van der Waals surface area contributed by atoms with Gasteiger partial charge in [-0.1, -0.05) is 51.5 Å². The molecule has 0 spiro atoms. The molecule has 2 aromatic rings. The van der Waals surface area contributed by atoms with Crippen LogP contribution in [0.25, 0.3) is 10.8 Å². The van der Waals surface area contributed by atoms with Gasteiger partial charge in [0.25, 0.3) is 0 Å². The largest absolute Gasteiger partial charge is 0.490 e. The first kappa shape index (κ1) is 25.6. The Morgan fingerprint density at radius 2 is 1.69 bits per heavy atom. The lowest BCUT2D eigenvalue weighted by atomic mass is 9.72. The first-order valence-corrected chi connectivity index (χ1v) is 14.4. The van der Waals surface area contributed by atoms with Crippen LogP contribution in [0.5, 0.6) is 5.75 Å². The summed E-state index contributed by atoms with van der Waals surface area (Å²) >= 11 is 0. The number of piperidine rings is 2. The molecule has 0 aromatic heterocycles. The summed E-state index contributed by atoms with van der Waals surface area (Å²) in [6, 6.07) is 14.4. The summed E-state index contributed by atoms with van der Waals surface area (Å²) in [7, 11) is 0. The van der Waals surface area contributed by atoms with Gasteiger partial charge in [-0.2, -0.15) is 0 Å². The number of carbonyl (C=O) groups is 1. The van der Waals surface area contributed by atoms with Crippen molar-refractivity contribution in [2.75, 3.05) is 6.61 Å². The number of carbonyl (C=O) groups excluding carboxylic acids is 1. The monoisotopic (exact) mass is 491 g/mol. The highest BCUT2D eigenvalue weighted by Crippen LogP contribution is 2.41. The standard InChI is InChI=1S/C32H45NO3/c1-5-35-31(34)24-19-26-9-7-10-27(20-24)33(26)21-22-12-17-29-23(18-22)8-6-11-30(29)36-28-15-13-25(14-16-28)32(2,3)4/h6,8,11-12,17-18,24-28H,5,7,9-10,13-16,19-21H2,1-4H3/t24?,25-,26?,27?,28-. The average molecular weight is 492 g/mol. The molecule has 2 unspecified atom stereocenters. The van der Waals surface area contributed by atoms with E-state index in [-0.39, 0.29) is 11.9 Å². The van der Waals surface area contributed by atoms with E-state index in [0.717, 1.165) is 43.9 Å². The van der Waals surface area contributed by atoms with Gasteiger partial charge >= 0.3 is 5.97 Å². The molecule has 5 rings (SSSR count). The van der Waals surface area contributed by atoms with E-state index in [2.05, 4.69) is 62.1 Å². The summed E-state index contributed by atoms with van der Waals surface area (Å²) in [6.45, 7) is 10.5. The Morgan fingerprint density at radius 3 is 2.36 bits per heavy atom. The van der Waals surface area contributed by atoms with Crippen LogP contribution in [0.1, 0.15) is 91.0 Å². The van der Waals surface area contributed by atoms with Crippen molar-refractivity contribution in [2.45, 2.75) is 110 Å². The van der Waals surface area contributed by atoms with Crippen molar-refractivity contribution in [1.29, 1.82) is 0 Å². The summed E-state index contributed by atoms with van der Waals surface area (Å²) in [5.41, 5.74) is 1.75. The Morgan fingerprint density at radius 1 is 0.972 bits per heavy atom. The van der Waals surface area contributed by atoms with Gasteiger partial charge in [0.2, 0.25) is 0 Å². The maximum absolute atomic E-state index is 12.4. The third-order valence-corrected chi connectivity index (χ3v) is 9.21. The molecule has 4 heteroatoms. The molecular weight excluding hydrogens is 446 g/mol. The second-order valence-electron chi connectivity index (χ2n) is 12.6. The van der Waals surface area contributed by atoms with E-state index in [1.165, 1.54) is 48.4 Å². The summed E-state index contributed by atoms with van der Waals surface area (Å²) in [5, 5.41) is 2.49. The molecule has 3 aliphatic rings. The Balaban J connectivity index is 1.26. The number of esters is 1. The minimum atomic E-state index is 0.0131. The minimum absolute atomic E-state index is 0.0131. The molecule has 36 heavy (non-hydrogen) atoms. The fraction of sp³-hybridized carbons (Fsp3) is 0.656. The van der Waals surface area contributed by atoms with Crippen LogP contribution < -0.4 is 4.74 Å². The molecule has 0 N–H and O–H groups in total. The van der Waals surface area contributed by atoms with Crippen LogP contribution in [0.3, 0.4) is 0 Å². The molecule has 196 valence electrons. The van der Waals surface area contributed by atoms with Crippen LogP contribution in [0.2, 0.25) is 0 Å². The van der Waals surface area contributed by atoms with E-state index in [9.17, 15) is 4.79 Å². The molecule has 3 fully saturated rings. The highest BCUT2D eigenvalue weighted by molar-refractivity contribution is 5.88. The lowest BCUT2D eigenvalue weighted by molar-refractivity contribution is -0.152. The third kappa shape index (κ3) is 5.59. The van der Waals surface area contributed by atoms with Gasteiger partial charge in [0, 0.05) is 24.0 Å². The molecule has 2 aliphatic heterocycles. The van der Waals surface area contributed by atoms with Gasteiger partial charge in [0.1, 0.15) is 5.75 Å². The normalized spacial score (nSPS) is 29.2. The van der Waals surface area contributed by atoms with Crippen molar-refractivity contribution in [2.24, 2.45) is 17.3 Å². The second kappa shape index (κ2) is 10.7. The van der Waals surface area contributed by atoms with Crippen LogP contribution in [0.4, 0.5) is 0 Å². The Kier molecular flexibility index (Phi) is 7.62. The number of benzene rings is 2. The molecular formula is C32H45NO3. The predicted octanol–water partition coefficient (Wildman–Crippen LogP) is 7.52. The molecule has 4 nitrogen and oxygen atoms in total. The lowest BCUT2D eigenvalue weighted by Gasteiger charge is -2.48. The van der Waals surface area contributed by atoms with Crippen molar-refractivity contribution in [3.8, 4) is 5.75 Å². The average Bonchev–Trinajstić information content (AvgIpc) is 2.84. The fourth-order valence-corrected chi connectivity index (χ4v) is 7.13. The Bertz CT molecular complexity index is 1040. The van der Waals surface area contributed by atoms with Crippen LogP contribution in [-0.4, -0.2) is 35.7 Å². The zero-order valence-electron chi connectivity index (χ0n) is 22.8. The highest BCUT2D eigenvalue weighted by atomic mass is 16.5. The minimum Gasteiger partial charge on any atom is -0.490 e. The van der Waals surface area contributed by atoms with Gasteiger partial charge in [-0.3, -0.25) is 9.69 Å². The van der Waals surface area contributed by atoms with Crippen LogP contribution >= 0.6 is 0 Å². The molecule has 2 saturated heterocycles. The number of fused-ring (bicyclic) bond motifs is 3. The van der Waals surface area contributed by atoms with Crippen molar-refractivity contribution in [3.63, 3.8) is 0 Å². The SMILES string of the molecule is CCOC(=O)C1CC2CCCC(C1)N2Cc1ccc2c(O[C@H]3CC[C@H](C(C)(C)C)CC3)cccc2c1. The molecule has 2 aromatic carbocycles. The molecule has 1 aliphatic carbocycles. The summed E-state index contributed by atoms with van der Waals surface area (Å²) in [5.74, 6) is 1.92. The maximum Gasteiger partial charge on any atom is 0.309 e. The molecule has 0 radical (unpaired) electrons. The first-order valence-electron chi connectivity index (χ1n) is 14.4. The topological polar surface area (TPSA) is 38.8 Å². The van der Waals surface area contributed by atoms with Gasteiger partial charge in [-0.25, -0.2) is 0 Å². The lowest BCUT2D eigenvalue weighted by Crippen LogP contribution is -2.52. The molecule has 2 bridgehead atoms. The van der Waals surface area contributed by atoms with E-state index in [0.29, 0.717) is 30.2 Å². The Labute approximate surface area is 217 Å². The zero-order valence-corrected chi connectivity index (χ0v) is 22.8. The van der Waals surface area contributed by atoms with Crippen LogP contribution in [-0.2, 0) is 16.1 Å². The van der Waals surface area contributed by atoms with Gasteiger partial charge < -0.3 is 9.47 Å². The van der Waals surface area contributed by atoms with Crippen LogP contribution in [0.15, 0.2) is 36.4 Å². The van der Waals surface area contributed by atoms with Crippen molar-refractivity contribution in [3.05, 3.63) is 42.0 Å². The van der Waals surface area contributed by atoms with Gasteiger partial charge in [-0.05, 0) is 92.7 Å². The zero-order chi connectivity index (χ0) is 25.3. The number of nitrogens with zero attached hydrogens (tertiary/aromatic N) is 1. The summed E-state index contributed by atoms with van der Waals surface area (Å²) < 4.78 is 11.9. The number of hydrogen-bond acceptors (Lipinski definition) is 4. The molecule has 2 atom stereocenters. The second-order valence-corrected chi connectivity index (χ2v) is 12.6. The smallest absolute Gasteiger partial charge is 0.309 e. The summed E-state index contributed by atoms with van der Waals surface area (Å²) in [4.78, 5) is 15.1. The number of rotatable bonds is 6. The van der Waals surface area contributed by atoms with E-state index in [4.69, 9.17) is 9.47 Å². The van der Waals surface area contributed by atoms with Gasteiger partial charge in [0.15, 0.2) is 0 Å².